The number of aromatic amines is 2. The molecule has 0 radical (unpaired) electrons. The van der Waals surface area contributed by atoms with Gasteiger partial charge < -0.3 is 19.5 Å². The average molecular weight is 435 g/mol. The first-order chi connectivity index (χ1) is 15.5. The van der Waals surface area contributed by atoms with Crippen LogP contribution < -0.4 is 25.2 Å². The van der Waals surface area contributed by atoms with Crippen LogP contribution in [0.15, 0.2) is 47.3 Å². The summed E-state index contributed by atoms with van der Waals surface area (Å²) in [6, 6.07) is 13.5. The molecular weight excluding hydrogens is 410 g/mol. The standard InChI is InChI=1S/C23H25N5O4/c1-13(22-26-23(29)28-27-22)24-12-16-9-14-5-7-17(30-2)11-18(14)25-21(16)15-6-8-19(31-3)20(10-15)32-4/h5-11,13,24H,12H2,1-4H3,(H2,26,27,28,29). The largest absolute Gasteiger partial charge is 0.497 e. The molecule has 0 bridgehead atoms. The molecule has 0 spiro atoms. The predicted octanol–water partition coefficient (Wildman–Crippen LogP) is 3.19. The van der Waals surface area contributed by atoms with E-state index in [1.54, 1.807) is 21.3 Å². The summed E-state index contributed by atoms with van der Waals surface area (Å²) in [5.41, 5.74) is 3.18. The molecule has 0 aliphatic carbocycles. The van der Waals surface area contributed by atoms with Gasteiger partial charge in [-0.15, -0.1) is 0 Å². The second-order valence-electron chi connectivity index (χ2n) is 7.29. The highest BCUT2D eigenvalue weighted by molar-refractivity contribution is 5.85. The highest BCUT2D eigenvalue weighted by Crippen LogP contribution is 2.34. The zero-order valence-electron chi connectivity index (χ0n) is 18.4. The monoisotopic (exact) mass is 435 g/mol. The molecule has 0 fully saturated rings. The van der Waals surface area contributed by atoms with Crippen LogP contribution >= 0.6 is 0 Å². The fourth-order valence-electron chi connectivity index (χ4n) is 3.53. The van der Waals surface area contributed by atoms with Crippen molar-refractivity contribution in [2.75, 3.05) is 21.3 Å². The molecule has 2 aromatic heterocycles. The van der Waals surface area contributed by atoms with Crippen molar-refractivity contribution < 1.29 is 14.2 Å². The molecule has 32 heavy (non-hydrogen) atoms. The Labute approximate surface area is 184 Å². The number of benzene rings is 2. The van der Waals surface area contributed by atoms with Crippen molar-refractivity contribution in [2.45, 2.75) is 19.5 Å². The van der Waals surface area contributed by atoms with Crippen LogP contribution in [-0.4, -0.2) is 41.5 Å². The van der Waals surface area contributed by atoms with Gasteiger partial charge in [-0.25, -0.2) is 14.9 Å². The summed E-state index contributed by atoms with van der Waals surface area (Å²) in [6.07, 6.45) is 0. The summed E-state index contributed by atoms with van der Waals surface area (Å²) in [5, 5.41) is 10.8. The maximum absolute atomic E-state index is 11.4. The van der Waals surface area contributed by atoms with E-state index in [-0.39, 0.29) is 11.7 Å². The van der Waals surface area contributed by atoms with E-state index < -0.39 is 0 Å². The minimum atomic E-state index is -0.332. The van der Waals surface area contributed by atoms with Crippen LogP contribution in [0.5, 0.6) is 17.2 Å². The zero-order valence-corrected chi connectivity index (χ0v) is 18.4. The van der Waals surface area contributed by atoms with E-state index in [0.717, 1.165) is 33.5 Å². The number of fused-ring (bicyclic) bond motifs is 1. The number of pyridine rings is 1. The third-order valence-corrected chi connectivity index (χ3v) is 5.29. The van der Waals surface area contributed by atoms with Gasteiger partial charge in [0, 0.05) is 23.6 Å². The third-order valence-electron chi connectivity index (χ3n) is 5.29. The Balaban J connectivity index is 1.76. The van der Waals surface area contributed by atoms with Crippen molar-refractivity contribution in [1.29, 1.82) is 0 Å². The van der Waals surface area contributed by atoms with E-state index >= 15 is 0 Å². The maximum Gasteiger partial charge on any atom is 0.340 e. The molecule has 0 amide bonds. The van der Waals surface area contributed by atoms with Crippen molar-refractivity contribution in [3.8, 4) is 28.5 Å². The minimum Gasteiger partial charge on any atom is -0.497 e. The lowest BCUT2D eigenvalue weighted by Gasteiger charge is -2.16. The van der Waals surface area contributed by atoms with Crippen LogP contribution in [0, 0.1) is 0 Å². The van der Waals surface area contributed by atoms with Gasteiger partial charge in [0.15, 0.2) is 11.5 Å². The molecule has 3 N–H and O–H groups in total. The smallest absolute Gasteiger partial charge is 0.340 e. The Morgan fingerprint density at radius 3 is 2.50 bits per heavy atom. The Kier molecular flexibility index (Phi) is 6.09. The van der Waals surface area contributed by atoms with Crippen molar-refractivity contribution in [3.05, 3.63) is 64.3 Å². The van der Waals surface area contributed by atoms with E-state index in [2.05, 4.69) is 26.6 Å². The van der Waals surface area contributed by atoms with Gasteiger partial charge in [-0.2, -0.15) is 5.10 Å². The molecule has 0 saturated heterocycles. The topological polar surface area (TPSA) is 114 Å². The SMILES string of the molecule is COc1ccc2cc(CNC(C)c3n[nH]c(=O)[nH]3)c(-c3ccc(OC)c(OC)c3)nc2c1. The molecule has 1 unspecified atom stereocenters. The number of aromatic nitrogens is 4. The molecule has 2 aromatic carbocycles. The molecule has 9 heteroatoms. The molecule has 0 saturated carbocycles. The van der Waals surface area contributed by atoms with Gasteiger partial charge in [-0.3, -0.25) is 4.98 Å². The molecular formula is C23H25N5O4. The molecule has 0 aliphatic heterocycles. The van der Waals surface area contributed by atoms with Crippen molar-refractivity contribution >= 4 is 10.9 Å². The van der Waals surface area contributed by atoms with E-state index in [9.17, 15) is 4.79 Å². The summed E-state index contributed by atoms with van der Waals surface area (Å²) < 4.78 is 16.2. The summed E-state index contributed by atoms with van der Waals surface area (Å²) in [5.74, 6) is 2.56. The second kappa shape index (κ2) is 9.11. The fraction of sp³-hybridized carbons (Fsp3) is 0.261. The van der Waals surface area contributed by atoms with Gasteiger partial charge in [0.25, 0.3) is 0 Å². The van der Waals surface area contributed by atoms with Gasteiger partial charge in [0.2, 0.25) is 0 Å². The first-order valence-electron chi connectivity index (χ1n) is 10.1. The minimum absolute atomic E-state index is 0.168. The molecule has 166 valence electrons. The number of ether oxygens (including phenoxy) is 3. The number of hydrogen-bond acceptors (Lipinski definition) is 7. The summed E-state index contributed by atoms with van der Waals surface area (Å²) in [4.78, 5) is 19.0. The Bertz CT molecular complexity index is 1300. The number of hydrogen-bond donors (Lipinski definition) is 3. The van der Waals surface area contributed by atoms with E-state index in [1.165, 1.54) is 0 Å². The molecule has 4 rings (SSSR count). The quantitative estimate of drug-likeness (QED) is 0.389. The third kappa shape index (κ3) is 4.28. The van der Waals surface area contributed by atoms with Gasteiger partial charge in [-0.05, 0) is 48.9 Å². The van der Waals surface area contributed by atoms with E-state index in [0.29, 0.717) is 23.9 Å². The lowest BCUT2D eigenvalue weighted by Crippen LogP contribution is -2.20. The fourth-order valence-corrected chi connectivity index (χ4v) is 3.53. The van der Waals surface area contributed by atoms with E-state index in [4.69, 9.17) is 19.2 Å². The molecule has 4 aromatic rings. The summed E-state index contributed by atoms with van der Waals surface area (Å²) in [6.45, 7) is 2.44. The molecule has 2 heterocycles. The normalized spacial score (nSPS) is 12.0. The average Bonchev–Trinajstić information content (AvgIpc) is 3.27. The Morgan fingerprint density at radius 1 is 1.00 bits per heavy atom. The molecule has 9 nitrogen and oxygen atoms in total. The second-order valence-corrected chi connectivity index (χ2v) is 7.29. The highest BCUT2D eigenvalue weighted by atomic mass is 16.5. The predicted molar refractivity (Wildman–Crippen MR) is 121 cm³/mol. The van der Waals surface area contributed by atoms with Gasteiger partial charge in [0.05, 0.1) is 38.6 Å². The van der Waals surface area contributed by atoms with Crippen LogP contribution in [0.4, 0.5) is 0 Å². The lowest BCUT2D eigenvalue weighted by atomic mass is 10.0. The number of rotatable bonds is 8. The van der Waals surface area contributed by atoms with Gasteiger partial charge >= 0.3 is 5.69 Å². The van der Waals surface area contributed by atoms with E-state index in [1.807, 2.05) is 43.3 Å². The van der Waals surface area contributed by atoms with Crippen LogP contribution in [0.1, 0.15) is 24.4 Å². The van der Waals surface area contributed by atoms with Gasteiger partial charge in [0.1, 0.15) is 11.6 Å². The van der Waals surface area contributed by atoms with Crippen molar-refractivity contribution in [3.63, 3.8) is 0 Å². The van der Waals surface area contributed by atoms with Crippen LogP contribution in [-0.2, 0) is 6.54 Å². The Hall–Kier alpha value is -3.85. The highest BCUT2D eigenvalue weighted by Gasteiger charge is 2.15. The summed E-state index contributed by atoms with van der Waals surface area (Å²) in [7, 11) is 4.85. The van der Waals surface area contributed by atoms with Crippen molar-refractivity contribution in [1.82, 2.24) is 25.5 Å². The maximum atomic E-state index is 11.4. The van der Waals surface area contributed by atoms with Gasteiger partial charge in [-0.1, -0.05) is 0 Å². The van der Waals surface area contributed by atoms with Crippen LogP contribution in [0.25, 0.3) is 22.2 Å². The van der Waals surface area contributed by atoms with Crippen LogP contribution in [0.3, 0.4) is 0 Å². The molecule has 0 aliphatic rings. The molecule has 1 atom stereocenters. The first kappa shape index (κ1) is 21.4. The lowest BCUT2D eigenvalue weighted by molar-refractivity contribution is 0.355. The number of methoxy groups -OCH3 is 3. The Morgan fingerprint density at radius 2 is 1.81 bits per heavy atom. The van der Waals surface area contributed by atoms with Crippen molar-refractivity contribution in [2.24, 2.45) is 0 Å². The summed E-state index contributed by atoms with van der Waals surface area (Å²) >= 11 is 0. The number of nitrogens with one attached hydrogen (secondary N) is 3. The zero-order chi connectivity index (χ0) is 22.7. The number of H-pyrrole nitrogens is 2. The van der Waals surface area contributed by atoms with Crippen LogP contribution in [0.2, 0.25) is 0 Å². The number of nitrogens with zero attached hydrogens (tertiary/aromatic N) is 2. The first-order valence-corrected chi connectivity index (χ1v) is 10.1.